The second-order valence-corrected chi connectivity index (χ2v) is 7.39. The van der Waals surface area contributed by atoms with Crippen molar-refractivity contribution in [1.29, 1.82) is 0 Å². The molecule has 0 bridgehead atoms. The van der Waals surface area contributed by atoms with Gasteiger partial charge >= 0.3 is 0 Å². The number of rotatable bonds is 5. The third-order valence-corrected chi connectivity index (χ3v) is 6.11. The number of aryl methyl sites for hydroxylation is 1. The molecule has 3 rings (SSSR count). The second kappa shape index (κ2) is 8.33. The SMILES string of the molecule is CCOCC1COCCC12CCN(C(=O)c1ccc(CC)cc1)CC2. The maximum absolute atomic E-state index is 12.8. The van der Waals surface area contributed by atoms with Crippen molar-refractivity contribution in [3.8, 4) is 0 Å². The fourth-order valence-corrected chi connectivity index (χ4v) is 4.25. The van der Waals surface area contributed by atoms with E-state index in [4.69, 9.17) is 9.47 Å². The molecule has 2 saturated heterocycles. The molecular weight excluding hydrogens is 314 g/mol. The lowest BCUT2D eigenvalue weighted by Gasteiger charge is -2.49. The van der Waals surface area contributed by atoms with Crippen molar-refractivity contribution in [1.82, 2.24) is 4.90 Å². The highest BCUT2D eigenvalue weighted by Crippen LogP contribution is 2.45. The fourth-order valence-electron chi connectivity index (χ4n) is 4.25. The highest BCUT2D eigenvalue weighted by atomic mass is 16.5. The number of carbonyl (C=O) groups is 1. The van der Waals surface area contributed by atoms with E-state index >= 15 is 0 Å². The summed E-state index contributed by atoms with van der Waals surface area (Å²) in [6.45, 7) is 9.04. The van der Waals surface area contributed by atoms with Gasteiger partial charge in [0.1, 0.15) is 0 Å². The summed E-state index contributed by atoms with van der Waals surface area (Å²) < 4.78 is 11.4. The van der Waals surface area contributed by atoms with Crippen LogP contribution in [0, 0.1) is 11.3 Å². The summed E-state index contributed by atoms with van der Waals surface area (Å²) in [4.78, 5) is 14.8. The molecule has 2 fully saturated rings. The van der Waals surface area contributed by atoms with E-state index in [1.807, 2.05) is 24.0 Å². The maximum atomic E-state index is 12.8. The van der Waals surface area contributed by atoms with Gasteiger partial charge in [-0.05, 0) is 55.7 Å². The van der Waals surface area contributed by atoms with E-state index in [0.717, 1.165) is 70.8 Å². The van der Waals surface area contributed by atoms with Crippen LogP contribution in [0.4, 0.5) is 0 Å². The number of nitrogens with zero attached hydrogens (tertiary/aromatic N) is 1. The molecule has 25 heavy (non-hydrogen) atoms. The van der Waals surface area contributed by atoms with Gasteiger partial charge in [-0.25, -0.2) is 0 Å². The number of hydrogen-bond acceptors (Lipinski definition) is 3. The fraction of sp³-hybridized carbons (Fsp3) is 0.667. The number of piperidine rings is 1. The molecule has 1 unspecified atom stereocenters. The van der Waals surface area contributed by atoms with Gasteiger partial charge in [-0.15, -0.1) is 0 Å². The molecule has 1 atom stereocenters. The Morgan fingerprint density at radius 2 is 1.92 bits per heavy atom. The Kier molecular flexibility index (Phi) is 6.13. The molecule has 1 aromatic carbocycles. The molecule has 0 N–H and O–H groups in total. The summed E-state index contributed by atoms with van der Waals surface area (Å²) in [5, 5.41) is 0. The number of carbonyl (C=O) groups excluding carboxylic acids is 1. The van der Waals surface area contributed by atoms with Crippen LogP contribution in [0.15, 0.2) is 24.3 Å². The molecule has 0 radical (unpaired) electrons. The van der Waals surface area contributed by atoms with Gasteiger partial charge in [0.25, 0.3) is 5.91 Å². The highest BCUT2D eigenvalue weighted by molar-refractivity contribution is 5.94. The Morgan fingerprint density at radius 1 is 1.20 bits per heavy atom. The Bertz CT molecular complexity index is 561. The summed E-state index contributed by atoms with van der Waals surface area (Å²) >= 11 is 0. The van der Waals surface area contributed by atoms with Gasteiger partial charge < -0.3 is 14.4 Å². The summed E-state index contributed by atoms with van der Waals surface area (Å²) in [5.41, 5.74) is 2.37. The normalized spacial score (nSPS) is 23.0. The zero-order valence-electron chi connectivity index (χ0n) is 15.6. The highest BCUT2D eigenvalue weighted by Gasteiger charge is 2.44. The van der Waals surface area contributed by atoms with Crippen LogP contribution in [-0.2, 0) is 15.9 Å². The van der Waals surface area contributed by atoms with Crippen LogP contribution in [-0.4, -0.2) is 50.3 Å². The first kappa shape index (κ1) is 18.4. The molecule has 0 aliphatic carbocycles. The molecule has 4 heteroatoms. The molecule has 0 aromatic heterocycles. The lowest BCUT2D eigenvalue weighted by molar-refractivity contribution is -0.0956. The second-order valence-electron chi connectivity index (χ2n) is 7.39. The molecular formula is C21H31NO3. The topological polar surface area (TPSA) is 38.8 Å². The zero-order valence-corrected chi connectivity index (χ0v) is 15.6. The van der Waals surface area contributed by atoms with Crippen molar-refractivity contribution in [3.05, 3.63) is 35.4 Å². The first-order valence-corrected chi connectivity index (χ1v) is 9.72. The summed E-state index contributed by atoms with van der Waals surface area (Å²) in [7, 11) is 0. The van der Waals surface area contributed by atoms with Crippen molar-refractivity contribution in [2.75, 3.05) is 39.5 Å². The molecule has 4 nitrogen and oxygen atoms in total. The average Bonchev–Trinajstić information content (AvgIpc) is 2.67. The van der Waals surface area contributed by atoms with Crippen molar-refractivity contribution >= 4 is 5.91 Å². The minimum atomic E-state index is 0.172. The van der Waals surface area contributed by atoms with Gasteiger partial charge in [-0.3, -0.25) is 4.79 Å². The van der Waals surface area contributed by atoms with Crippen LogP contribution < -0.4 is 0 Å². The summed E-state index contributed by atoms with van der Waals surface area (Å²) in [6.07, 6.45) is 4.22. The van der Waals surface area contributed by atoms with Gasteiger partial charge in [0.15, 0.2) is 0 Å². The number of benzene rings is 1. The molecule has 1 spiro atoms. The Balaban J connectivity index is 1.62. The monoisotopic (exact) mass is 345 g/mol. The number of likely N-dealkylation sites (tertiary alicyclic amines) is 1. The predicted octanol–water partition coefficient (Wildman–Crippen LogP) is 3.54. The number of ether oxygens (including phenoxy) is 2. The van der Waals surface area contributed by atoms with E-state index in [2.05, 4.69) is 19.1 Å². The quantitative estimate of drug-likeness (QED) is 0.819. The molecule has 2 aliphatic heterocycles. The third-order valence-electron chi connectivity index (χ3n) is 6.11. The Labute approximate surface area is 151 Å². The first-order valence-electron chi connectivity index (χ1n) is 9.72. The van der Waals surface area contributed by atoms with Crippen LogP contribution in [0.1, 0.15) is 49.0 Å². The van der Waals surface area contributed by atoms with Crippen molar-refractivity contribution in [2.45, 2.75) is 39.5 Å². The molecule has 2 aliphatic rings. The molecule has 1 amide bonds. The van der Waals surface area contributed by atoms with E-state index in [0.29, 0.717) is 5.92 Å². The number of amides is 1. The average molecular weight is 345 g/mol. The van der Waals surface area contributed by atoms with Gasteiger partial charge in [-0.2, -0.15) is 0 Å². The smallest absolute Gasteiger partial charge is 0.253 e. The standard InChI is InChI=1S/C21H31NO3/c1-3-17-5-7-18(8-6-17)20(23)22-12-9-21(10-13-22)11-14-25-16-19(21)15-24-4-2/h5-8,19H,3-4,9-16H2,1-2H3. The first-order chi connectivity index (χ1) is 12.2. The van der Waals surface area contributed by atoms with Gasteiger partial charge in [-0.1, -0.05) is 19.1 Å². The molecule has 1 aromatic rings. The van der Waals surface area contributed by atoms with E-state index in [-0.39, 0.29) is 11.3 Å². The zero-order chi connectivity index (χ0) is 17.7. The minimum Gasteiger partial charge on any atom is -0.381 e. The van der Waals surface area contributed by atoms with Crippen LogP contribution >= 0.6 is 0 Å². The van der Waals surface area contributed by atoms with Crippen molar-refractivity contribution < 1.29 is 14.3 Å². The van der Waals surface area contributed by atoms with Crippen LogP contribution in [0.25, 0.3) is 0 Å². The van der Waals surface area contributed by atoms with Gasteiger partial charge in [0.05, 0.1) is 13.2 Å². The molecule has 138 valence electrons. The summed E-state index contributed by atoms with van der Waals surface area (Å²) in [6, 6.07) is 8.07. The van der Waals surface area contributed by atoms with Gasteiger partial charge in [0, 0.05) is 37.8 Å². The maximum Gasteiger partial charge on any atom is 0.253 e. The Hall–Kier alpha value is -1.39. The summed E-state index contributed by atoms with van der Waals surface area (Å²) in [5.74, 6) is 0.633. The van der Waals surface area contributed by atoms with Crippen molar-refractivity contribution in [3.63, 3.8) is 0 Å². The van der Waals surface area contributed by atoms with Crippen LogP contribution in [0.2, 0.25) is 0 Å². The largest absolute Gasteiger partial charge is 0.381 e. The van der Waals surface area contributed by atoms with E-state index < -0.39 is 0 Å². The van der Waals surface area contributed by atoms with E-state index in [9.17, 15) is 4.79 Å². The Morgan fingerprint density at radius 3 is 2.56 bits per heavy atom. The van der Waals surface area contributed by atoms with Crippen LogP contribution in [0.5, 0.6) is 0 Å². The minimum absolute atomic E-state index is 0.172. The van der Waals surface area contributed by atoms with Crippen LogP contribution in [0.3, 0.4) is 0 Å². The van der Waals surface area contributed by atoms with E-state index in [1.165, 1.54) is 5.56 Å². The third kappa shape index (κ3) is 4.06. The number of hydrogen-bond donors (Lipinski definition) is 0. The molecule has 0 saturated carbocycles. The lowest BCUT2D eigenvalue weighted by atomic mass is 9.66. The molecule has 2 heterocycles. The van der Waals surface area contributed by atoms with Gasteiger partial charge in [0.2, 0.25) is 0 Å². The van der Waals surface area contributed by atoms with E-state index in [1.54, 1.807) is 0 Å². The predicted molar refractivity (Wildman–Crippen MR) is 98.8 cm³/mol. The lowest BCUT2D eigenvalue weighted by Crippen LogP contribution is -2.50. The van der Waals surface area contributed by atoms with Crippen molar-refractivity contribution in [2.24, 2.45) is 11.3 Å².